The first-order chi connectivity index (χ1) is 9.81. The van der Waals surface area contributed by atoms with Gasteiger partial charge in [0.25, 0.3) is 0 Å². The van der Waals surface area contributed by atoms with Crippen LogP contribution in [0.5, 0.6) is 0 Å². The van der Waals surface area contributed by atoms with Crippen LogP contribution in [-0.2, 0) is 11.2 Å². The van der Waals surface area contributed by atoms with Crippen LogP contribution in [0.3, 0.4) is 0 Å². The molecule has 0 saturated heterocycles. The fourth-order valence-corrected chi connectivity index (χ4v) is 3.25. The molecular formula is C16H17NO2S. The van der Waals surface area contributed by atoms with E-state index in [-0.39, 0.29) is 11.7 Å². The van der Waals surface area contributed by atoms with E-state index >= 15 is 0 Å². The monoisotopic (exact) mass is 287 g/mol. The number of furan rings is 1. The maximum absolute atomic E-state index is 11.8. The van der Waals surface area contributed by atoms with Crippen molar-refractivity contribution in [3.05, 3.63) is 58.3 Å². The van der Waals surface area contributed by atoms with Gasteiger partial charge in [0.05, 0.1) is 6.26 Å². The van der Waals surface area contributed by atoms with Gasteiger partial charge in [0, 0.05) is 35.5 Å². The van der Waals surface area contributed by atoms with Crippen molar-refractivity contribution in [2.75, 3.05) is 6.54 Å². The molecule has 1 aliphatic rings. The molecule has 0 spiro atoms. The molecule has 0 amide bonds. The molecule has 104 valence electrons. The van der Waals surface area contributed by atoms with Crippen LogP contribution in [0, 0.1) is 0 Å². The predicted molar refractivity (Wildman–Crippen MR) is 79.8 cm³/mol. The Morgan fingerprint density at radius 2 is 2.25 bits per heavy atom. The van der Waals surface area contributed by atoms with Gasteiger partial charge in [0.15, 0.2) is 5.78 Å². The lowest BCUT2D eigenvalue weighted by Gasteiger charge is -2.21. The van der Waals surface area contributed by atoms with Gasteiger partial charge < -0.3 is 9.73 Å². The number of carbonyl (C=O) groups is 1. The van der Waals surface area contributed by atoms with Crippen LogP contribution >= 0.6 is 11.3 Å². The number of rotatable bonds is 5. The van der Waals surface area contributed by atoms with E-state index in [0.717, 1.165) is 30.8 Å². The zero-order valence-corrected chi connectivity index (χ0v) is 12.0. The number of carbonyl (C=O) groups excluding carboxylic acids is 1. The summed E-state index contributed by atoms with van der Waals surface area (Å²) in [7, 11) is 0. The van der Waals surface area contributed by atoms with Crippen molar-refractivity contribution in [3.63, 3.8) is 0 Å². The fraction of sp³-hybridized carbons (Fsp3) is 0.312. The molecule has 3 nitrogen and oxygen atoms in total. The van der Waals surface area contributed by atoms with Crippen LogP contribution in [0.15, 0.2) is 52.1 Å². The van der Waals surface area contributed by atoms with E-state index in [1.165, 1.54) is 4.88 Å². The highest BCUT2D eigenvalue weighted by Crippen LogP contribution is 2.30. The summed E-state index contributed by atoms with van der Waals surface area (Å²) in [5.74, 6) is 1.26. The maximum atomic E-state index is 11.8. The van der Waals surface area contributed by atoms with E-state index in [2.05, 4.69) is 22.8 Å². The number of thiophene rings is 1. The maximum Gasteiger partial charge on any atom is 0.158 e. The van der Waals surface area contributed by atoms with Crippen LogP contribution in [-0.4, -0.2) is 12.3 Å². The van der Waals surface area contributed by atoms with Crippen molar-refractivity contribution in [3.8, 4) is 0 Å². The lowest BCUT2D eigenvalue weighted by Crippen LogP contribution is -2.23. The quantitative estimate of drug-likeness (QED) is 0.915. The Morgan fingerprint density at radius 3 is 3.00 bits per heavy atom. The third-order valence-corrected chi connectivity index (χ3v) is 4.43. The van der Waals surface area contributed by atoms with Crippen molar-refractivity contribution in [2.24, 2.45) is 0 Å². The molecule has 0 saturated carbocycles. The van der Waals surface area contributed by atoms with Gasteiger partial charge in [-0.1, -0.05) is 6.07 Å². The molecule has 1 atom stereocenters. The minimum atomic E-state index is 0.173. The summed E-state index contributed by atoms with van der Waals surface area (Å²) in [6.45, 7) is 0.866. The zero-order chi connectivity index (χ0) is 13.8. The van der Waals surface area contributed by atoms with Gasteiger partial charge in [-0.25, -0.2) is 0 Å². The van der Waals surface area contributed by atoms with Crippen LogP contribution in [0.2, 0.25) is 0 Å². The highest BCUT2D eigenvalue weighted by atomic mass is 32.1. The van der Waals surface area contributed by atoms with Crippen molar-refractivity contribution < 1.29 is 9.21 Å². The van der Waals surface area contributed by atoms with Crippen LogP contribution in [0.4, 0.5) is 0 Å². The molecule has 0 unspecified atom stereocenters. The summed E-state index contributed by atoms with van der Waals surface area (Å²) >= 11 is 1.77. The summed E-state index contributed by atoms with van der Waals surface area (Å²) in [5, 5.41) is 5.48. The van der Waals surface area contributed by atoms with Crippen LogP contribution in [0.1, 0.15) is 29.4 Å². The first-order valence-electron chi connectivity index (χ1n) is 6.84. The minimum Gasteiger partial charge on any atom is -0.469 e. The highest BCUT2D eigenvalue weighted by Gasteiger charge is 2.23. The van der Waals surface area contributed by atoms with Gasteiger partial charge in [0.2, 0.25) is 0 Å². The molecular weight excluding hydrogens is 270 g/mol. The summed E-state index contributed by atoms with van der Waals surface area (Å²) < 4.78 is 5.43. The molecule has 0 aromatic carbocycles. The molecule has 0 bridgehead atoms. The van der Waals surface area contributed by atoms with Crippen LogP contribution in [0.25, 0.3) is 0 Å². The molecule has 4 heteroatoms. The molecule has 20 heavy (non-hydrogen) atoms. The molecule has 0 aliphatic heterocycles. The summed E-state index contributed by atoms with van der Waals surface area (Å²) in [6.07, 6.45) is 5.80. The standard InChI is InChI=1S/C16H17NO2S/c18-14-10-12(16-4-1-7-19-16)9-13(11-14)17-6-5-15-3-2-8-20-15/h1-4,7-8,11-12,17H,5-6,9-10H2/t12-/m1/s1. The third kappa shape index (κ3) is 3.20. The number of allylic oxidation sites excluding steroid dienone is 2. The summed E-state index contributed by atoms with van der Waals surface area (Å²) in [4.78, 5) is 13.2. The second kappa shape index (κ2) is 6.09. The van der Waals surface area contributed by atoms with E-state index in [0.29, 0.717) is 6.42 Å². The van der Waals surface area contributed by atoms with E-state index in [4.69, 9.17) is 4.42 Å². The lowest BCUT2D eigenvalue weighted by molar-refractivity contribution is -0.115. The van der Waals surface area contributed by atoms with Crippen molar-refractivity contribution in [1.29, 1.82) is 0 Å². The number of ketones is 1. The first kappa shape index (κ1) is 13.2. The first-order valence-corrected chi connectivity index (χ1v) is 7.72. The van der Waals surface area contributed by atoms with Gasteiger partial charge in [-0.2, -0.15) is 0 Å². The van der Waals surface area contributed by atoms with Crippen molar-refractivity contribution in [1.82, 2.24) is 5.32 Å². The van der Waals surface area contributed by atoms with Gasteiger partial charge in [-0.05, 0) is 36.4 Å². The smallest absolute Gasteiger partial charge is 0.158 e. The average Bonchev–Trinajstić information content (AvgIpc) is 3.11. The van der Waals surface area contributed by atoms with E-state index in [9.17, 15) is 4.79 Å². The van der Waals surface area contributed by atoms with Gasteiger partial charge in [-0.3, -0.25) is 4.79 Å². The van der Waals surface area contributed by atoms with Gasteiger partial charge in [0.1, 0.15) is 5.76 Å². The topological polar surface area (TPSA) is 42.2 Å². The van der Waals surface area contributed by atoms with E-state index in [1.54, 1.807) is 23.7 Å². The van der Waals surface area contributed by atoms with Crippen molar-refractivity contribution in [2.45, 2.75) is 25.2 Å². The Balaban J connectivity index is 1.57. The minimum absolute atomic E-state index is 0.173. The second-order valence-electron chi connectivity index (χ2n) is 5.01. The molecule has 2 aromatic heterocycles. The molecule has 0 radical (unpaired) electrons. The fourth-order valence-electron chi connectivity index (χ4n) is 2.54. The lowest BCUT2D eigenvalue weighted by atomic mass is 9.89. The molecule has 1 N–H and O–H groups in total. The normalized spacial score (nSPS) is 18.9. The number of hydrogen-bond acceptors (Lipinski definition) is 4. The molecule has 1 aliphatic carbocycles. The Morgan fingerprint density at radius 1 is 1.30 bits per heavy atom. The zero-order valence-electron chi connectivity index (χ0n) is 11.2. The van der Waals surface area contributed by atoms with Gasteiger partial charge in [-0.15, -0.1) is 11.3 Å². The summed E-state index contributed by atoms with van der Waals surface area (Å²) in [6, 6.07) is 8.03. The van der Waals surface area contributed by atoms with Crippen LogP contribution < -0.4 is 5.32 Å². The Labute approximate surface area is 122 Å². The number of nitrogens with one attached hydrogen (secondary N) is 1. The highest BCUT2D eigenvalue weighted by molar-refractivity contribution is 7.09. The van der Waals surface area contributed by atoms with Crippen molar-refractivity contribution >= 4 is 17.1 Å². The Kier molecular flexibility index (Phi) is 4.02. The number of hydrogen-bond donors (Lipinski definition) is 1. The average molecular weight is 287 g/mol. The van der Waals surface area contributed by atoms with E-state index < -0.39 is 0 Å². The summed E-state index contributed by atoms with van der Waals surface area (Å²) in [5.41, 5.74) is 1.03. The Hall–Kier alpha value is -1.81. The van der Waals surface area contributed by atoms with Gasteiger partial charge >= 0.3 is 0 Å². The van der Waals surface area contributed by atoms with E-state index in [1.807, 2.05) is 12.1 Å². The predicted octanol–water partition coefficient (Wildman–Crippen LogP) is 3.50. The molecule has 3 rings (SSSR count). The molecule has 2 heterocycles. The second-order valence-corrected chi connectivity index (χ2v) is 6.04. The molecule has 2 aromatic rings. The SMILES string of the molecule is O=C1C=C(NCCc2cccs2)C[C@@H](c2ccco2)C1. The molecule has 0 fully saturated rings. The largest absolute Gasteiger partial charge is 0.469 e. The Bertz CT molecular complexity index is 584. The third-order valence-electron chi connectivity index (χ3n) is 3.50.